The van der Waals surface area contributed by atoms with Crippen molar-refractivity contribution in [2.45, 2.75) is 19.0 Å². The Morgan fingerprint density at radius 1 is 1.15 bits per heavy atom. The van der Waals surface area contributed by atoms with Crippen LogP contribution in [0, 0.1) is 5.92 Å². The molecule has 1 aliphatic heterocycles. The average molecular weight is 483 g/mol. The Hall–Kier alpha value is -3.41. The second-order valence-electron chi connectivity index (χ2n) is 7.42. The number of carbonyl (C=O) groups excluding carboxylic acids is 2. The molecule has 13 heteroatoms. The topological polar surface area (TPSA) is 102 Å². The van der Waals surface area contributed by atoms with Crippen LogP contribution in [-0.4, -0.2) is 51.9 Å². The number of rotatable bonds is 4. The van der Waals surface area contributed by atoms with Crippen molar-refractivity contribution >= 4 is 40.6 Å². The largest absolute Gasteiger partial charge is 0.465 e. The maximum atomic E-state index is 13.1. The highest BCUT2D eigenvalue weighted by molar-refractivity contribution is 6.33. The predicted molar refractivity (Wildman–Crippen MR) is 112 cm³/mol. The van der Waals surface area contributed by atoms with Crippen LogP contribution in [0.25, 0.3) is 5.65 Å². The number of amides is 1. The van der Waals surface area contributed by atoms with E-state index in [1.807, 2.05) is 0 Å². The Morgan fingerprint density at radius 2 is 1.88 bits per heavy atom. The Bertz CT molecular complexity index is 1210. The van der Waals surface area contributed by atoms with Crippen LogP contribution in [0.15, 0.2) is 30.3 Å². The molecule has 0 saturated carbocycles. The molecular formula is C20H18ClF3N6O3. The van der Waals surface area contributed by atoms with Crippen molar-refractivity contribution in [3.8, 4) is 0 Å². The Morgan fingerprint density at radius 3 is 2.55 bits per heavy atom. The number of ether oxygens (including phenoxy) is 1. The van der Waals surface area contributed by atoms with E-state index in [0.717, 1.165) is 0 Å². The molecule has 0 atom stereocenters. The van der Waals surface area contributed by atoms with E-state index in [2.05, 4.69) is 25.3 Å². The van der Waals surface area contributed by atoms with Gasteiger partial charge in [-0.3, -0.25) is 4.79 Å². The molecule has 0 bridgehead atoms. The number of aromatic nitrogens is 4. The van der Waals surface area contributed by atoms with Gasteiger partial charge in [0.25, 0.3) is 5.82 Å². The summed E-state index contributed by atoms with van der Waals surface area (Å²) >= 11 is 6.14. The van der Waals surface area contributed by atoms with Gasteiger partial charge in [0.2, 0.25) is 5.91 Å². The van der Waals surface area contributed by atoms with Crippen molar-refractivity contribution in [3.05, 3.63) is 46.7 Å². The van der Waals surface area contributed by atoms with Crippen molar-refractivity contribution < 1.29 is 27.5 Å². The summed E-state index contributed by atoms with van der Waals surface area (Å²) in [6.07, 6.45) is -3.77. The van der Waals surface area contributed by atoms with Crippen LogP contribution in [0.5, 0.6) is 0 Å². The van der Waals surface area contributed by atoms with Crippen molar-refractivity contribution in [1.82, 2.24) is 19.8 Å². The number of hydrogen-bond donors (Lipinski definition) is 1. The van der Waals surface area contributed by atoms with Gasteiger partial charge in [-0.15, -0.1) is 15.3 Å². The fourth-order valence-corrected chi connectivity index (χ4v) is 3.76. The van der Waals surface area contributed by atoms with E-state index in [1.54, 1.807) is 11.0 Å². The molecule has 1 aliphatic rings. The molecule has 1 saturated heterocycles. The lowest BCUT2D eigenvalue weighted by atomic mass is 9.95. The number of carbonyl (C=O) groups is 2. The quantitative estimate of drug-likeness (QED) is 0.568. The Labute approximate surface area is 190 Å². The van der Waals surface area contributed by atoms with Gasteiger partial charge in [-0.1, -0.05) is 11.6 Å². The normalized spacial score (nSPS) is 15.0. The second kappa shape index (κ2) is 8.85. The summed E-state index contributed by atoms with van der Waals surface area (Å²) in [5.41, 5.74) is 0.540. The average Bonchev–Trinajstić information content (AvgIpc) is 3.24. The molecule has 2 aromatic heterocycles. The highest BCUT2D eigenvalue weighted by Gasteiger charge is 2.38. The van der Waals surface area contributed by atoms with Gasteiger partial charge in [-0.2, -0.15) is 17.7 Å². The van der Waals surface area contributed by atoms with Crippen LogP contribution < -0.4 is 10.2 Å². The summed E-state index contributed by atoms with van der Waals surface area (Å²) in [6.45, 7) is 0.825. The van der Waals surface area contributed by atoms with E-state index in [4.69, 9.17) is 11.6 Å². The third kappa shape index (κ3) is 4.70. The summed E-state index contributed by atoms with van der Waals surface area (Å²) in [7, 11) is 1.25. The first-order valence-corrected chi connectivity index (χ1v) is 10.3. The number of hydrogen-bond acceptors (Lipinski definition) is 7. The molecule has 0 spiro atoms. The minimum absolute atomic E-state index is 0.00796. The van der Waals surface area contributed by atoms with Gasteiger partial charge in [0.05, 0.1) is 23.4 Å². The summed E-state index contributed by atoms with van der Waals surface area (Å²) in [5.74, 6) is -2.02. The molecule has 1 N–H and O–H groups in total. The van der Waals surface area contributed by atoms with Crippen LogP contribution in [-0.2, 0) is 15.7 Å². The molecule has 4 rings (SSSR count). The number of halogens is 4. The van der Waals surface area contributed by atoms with Crippen molar-refractivity contribution in [1.29, 1.82) is 0 Å². The number of nitrogens with zero attached hydrogens (tertiary/aromatic N) is 5. The number of fused-ring (bicyclic) bond motifs is 1. The first kappa shape index (κ1) is 22.8. The highest BCUT2D eigenvalue weighted by atomic mass is 35.5. The molecule has 0 aliphatic carbocycles. The lowest BCUT2D eigenvalue weighted by molar-refractivity contribution is -0.146. The monoisotopic (exact) mass is 482 g/mol. The van der Waals surface area contributed by atoms with Crippen molar-refractivity contribution in [2.75, 3.05) is 30.4 Å². The molecule has 3 aromatic rings. The standard InChI is InChI=1S/C20H18ClF3N6O3/c1-33-18(32)12-2-3-13(21)14(10-12)25-17(31)11-6-8-29(9-7-11)16-5-4-15-26-27-19(20(22,23)24)30(15)28-16/h2-5,10-11H,6-9H2,1H3,(H,25,31). The van der Waals surface area contributed by atoms with Crippen LogP contribution in [0.1, 0.15) is 29.0 Å². The molecule has 1 aromatic carbocycles. The second-order valence-corrected chi connectivity index (χ2v) is 7.83. The van der Waals surface area contributed by atoms with E-state index in [0.29, 0.717) is 42.0 Å². The molecule has 1 amide bonds. The molecule has 0 unspecified atom stereocenters. The lowest BCUT2D eigenvalue weighted by Gasteiger charge is -2.32. The van der Waals surface area contributed by atoms with E-state index >= 15 is 0 Å². The van der Waals surface area contributed by atoms with E-state index in [-0.39, 0.29) is 28.1 Å². The summed E-state index contributed by atoms with van der Waals surface area (Å²) < 4.78 is 44.7. The third-order valence-electron chi connectivity index (χ3n) is 5.34. The number of anilines is 2. The van der Waals surface area contributed by atoms with Crippen molar-refractivity contribution in [2.24, 2.45) is 5.92 Å². The van der Waals surface area contributed by atoms with Crippen LogP contribution in [0.2, 0.25) is 5.02 Å². The van der Waals surface area contributed by atoms with Gasteiger partial charge in [0, 0.05) is 19.0 Å². The van der Waals surface area contributed by atoms with Gasteiger partial charge in [0.15, 0.2) is 5.65 Å². The fourth-order valence-electron chi connectivity index (χ4n) is 3.60. The van der Waals surface area contributed by atoms with Crippen LogP contribution in [0.3, 0.4) is 0 Å². The van der Waals surface area contributed by atoms with Crippen molar-refractivity contribution in [3.63, 3.8) is 0 Å². The van der Waals surface area contributed by atoms with Gasteiger partial charge < -0.3 is 15.0 Å². The summed E-state index contributed by atoms with van der Waals surface area (Å²) in [5, 5.41) is 13.7. The highest BCUT2D eigenvalue weighted by Crippen LogP contribution is 2.29. The van der Waals surface area contributed by atoms with E-state index in [9.17, 15) is 22.8 Å². The first-order valence-electron chi connectivity index (χ1n) is 9.90. The van der Waals surface area contributed by atoms with E-state index in [1.165, 1.54) is 31.4 Å². The SMILES string of the molecule is COC(=O)c1ccc(Cl)c(NC(=O)C2CCN(c3ccc4nnc(C(F)(F)F)n4n3)CC2)c1. The van der Waals surface area contributed by atoms with Gasteiger partial charge in [0.1, 0.15) is 5.82 Å². The number of methoxy groups -OCH3 is 1. The van der Waals surface area contributed by atoms with E-state index < -0.39 is 18.0 Å². The molecule has 3 heterocycles. The zero-order valence-corrected chi connectivity index (χ0v) is 18.0. The van der Waals surface area contributed by atoms with Crippen LogP contribution >= 0.6 is 11.6 Å². The third-order valence-corrected chi connectivity index (χ3v) is 5.67. The molecule has 0 radical (unpaired) electrons. The Kier molecular flexibility index (Phi) is 6.11. The Balaban J connectivity index is 1.43. The maximum absolute atomic E-state index is 13.1. The predicted octanol–water partition coefficient (Wildman–Crippen LogP) is 3.44. The number of piperidine rings is 1. The fraction of sp³-hybridized carbons (Fsp3) is 0.350. The molecule has 9 nitrogen and oxygen atoms in total. The number of nitrogens with one attached hydrogen (secondary N) is 1. The smallest absolute Gasteiger partial charge is 0.453 e. The number of alkyl halides is 3. The zero-order chi connectivity index (χ0) is 23.8. The maximum Gasteiger partial charge on any atom is 0.453 e. The molecule has 174 valence electrons. The van der Waals surface area contributed by atoms with Crippen LogP contribution in [0.4, 0.5) is 24.7 Å². The minimum atomic E-state index is -4.68. The zero-order valence-electron chi connectivity index (χ0n) is 17.3. The first-order chi connectivity index (χ1) is 15.7. The summed E-state index contributed by atoms with van der Waals surface area (Å²) in [4.78, 5) is 26.3. The molecule has 33 heavy (non-hydrogen) atoms. The van der Waals surface area contributed by atoms with Gasteiger partial charge in [-0.05, 0) is 43.2 Å². The number of benzene rings is 1. The summed E-state index contributed by atoms with van der Waals surface area (Å²) in [6, 6.07) is 7.42. The lowest BCUT2D eigenvalue weighted by Crippen LogP contribution is -2.38. The minimum Gasteiger partial charge on any atom is -0.465 e. The number of esters is 1. The van der Waals surface area contributed by atoms with Gasteiger partial charge >= 0.3 is 12.1 Å². The molecule has 1 fully saturated rings. The molecular weight excluding hydrogens is 465 g/mol. The van der Waals surface area contributed by atoms with Gasteiger partial charge in [-0.25, -0.2) is 4.79 Å².